The van der Waals surface area contributed by atoms with Crippen LogP contribution in [0.1, 0.15) is 20.3 Å². The monoisotopic (exact) mass is 298 g/mol. The van der Waals surface area contributed by atoms with Gasteiger partial charge < -0.3 is 9.64 Å². The molecule has 3 N–H and O–H groups in total. The molecule has 0 spiro atoms. The fraction of sp³-hybridized carbons (Fsp3) is 0.750. The Morgan fingerprint density at radius 1 is 1.30 bits per heavy atom. The van der Waals surface area contributed by atoms with E-state index in [1.165, 1.54) is 0 Å². The fourth-order valence-corrected chi connectivity index (χ4v) is 2.83. The van der Waals surface area contributed by atoms with Gasteiger partial charge in [0, 0.05) is 18.8 Å². The number of rotatable bonds is 6. The Kier molecular flexibility index (Phi) is 5.81. The van der Waals surface area contributed by atoms with Gasteiger partial charge in [0.2, 0.25) is 11.9 Å². The third-order valence-corrected chi connectivity index (χ3v) is 3.83. The first-order valence-electron chi connectivity index (χ1n) is 6.87. The van der Waals surface area contributed by atoms with Crippen molar-refractivity contribution in [1.82, 2.24) is 15.0 Å². The fourth-order valence-electron chi connectivity index (χ4n) is 1.77. The molecule has 1 aromatic rings. The molecular formula is C12H22N6OS. The minimum absolute atomic E-state index is 0.411. The minimum Gasteiger partial charge on any atom is -0.378 e. The second-order valence-electron chi connectivity index (χ2n) is 5.02. The van der Waals surface area contributed by atoms with Gasteiger partial charge in [0.15, 0.2) is 5.16 Å². The van der Waals surface area contributed by atoms with Gasteiger partial charge in [-0.05, 0) is 12.3 Å². The second-order valence-corrected chi connectivity index (χ2v) is 6.08. The molecule has 112 valence electrons. The molecular weight excluding hydrogens is 276 g/mol. The summed E-state index contributed by atoms with van der Waals surface area (Å²) < 4.78 is 5.34. The third-order valence-electron chi connectivity index (χ3n) is 2.95. The smallest absolute Gasteiger partial charge is 0.242 e. The predicted molar refractivity (Wildman–Crippen MR) is 80.8 cm³/mol. The van der Waals surface area contributed by atoms with E-state index in [1.807, 2.05) is 0 Å². The summed E-state index contributed by atoms with van der Waals surface area (Å²) in [5.74, 6) is 8.19. The number of anilines is 2. The number of nitrogens with zero attached hydrogens (tertiary/aromatic N) is 4. The normalized spacial score (nSPS) is 15.7. The number of aromatic nitrogens is 3. The van der Waals surface area contributed by atoms with Crippen LogP contribution in [-0.2, 0) is 4.74 Å². The van der Waals surface area contributed by atoms with Crippen LogP contribution in [0.15, 0.2) is 5.16 Å². The number of morpholine rings is 1. The number of nitrogens with one attached hydrogen (secondary N) is 1. The van der Waals surface area contributed by atoms with Crippen LogP contribution in [0.25, 0.3) is 0 Å². The largest absolute Gasteiger partial charge is 0.378 e. The molecule has 1 fully saturated rings. The summed E-state index contributed by atoms with van der Waals surface area (Å²) in [7, 11) is 0. The minimum atomic E-state index is 0.411. The average Bonchev–Trinajstić information content (AvgIpc) is 2.47. The number of nitrogens with two attached hydrogens (primary N) is 1. The summed E-state index contributed by atoms with van der Waals surface area (Å²) in [6, 6.07) is 0. The van der Waals surface area contributed by atoms with E-state index in [1.54, 1.807) is 11.8 Å². The molecule has 0 atom stereocenters. The van der Waals surface area contributed by atoms with Gasteiger partial charge in [0.05, 0.1) is 13.2 Å². The van der Waals surface area contributed by atoms with Crippen molar-refractivity contribution in [2.75, 3.05) is 42.4 Å². The van der Waals surface area contributed by atoms with Crippen LogP contribution in [0.5, 0.6) is 0 Å². The molecule has 0 bridgehead atoms. The first-order valence-corrected chi connectivity index (χ1v) is 7.86. The van der Waals surface area contributed by atoms with Gasteiger partial charge in [0.25, 0.3) is 0 Å². The predicted octanol–water partition coefficient (Wildman–Crippen LogP) is 1.13. The van der Waals surface area contributed by atoms with E-state index < -0.39 is 0 Å². The molecule has 1 aliphatic rings. The van der Waals surface area contributed by atoms with Crippen LogP contribution in [-0.4, -0.2) is 47.0 Å². The lowest BCUT2D eigenvalue weighted by molar-refractivity contribution is 0.122. The number of hydrogen-bond donors (Lipinski definition) is 2. The Hall–Kier alpha value is -1.12. The lowest BCUT2D eigenvalue weighted by atomic mass is 10.2. The third kappa shape index (κ3) is 4.46. The number of ether oxygens (including phenoxy) is 1. The topological polar surface area (TPSA) is 89.2 Å². The second kappa shape index (κ2) is 7.61. The molecule has 0 aromatic carbocycles. The molecule has 0 radical (unpaired) electrons. The van der Waals surface area contributed by atoms with E-state index >= 15 is 0 Å². The number of nitrogen functional groups attached to an aromatic ring is 1. The highest BCUT2D eigenvalue weighted by molar-refractivity contribution is 7.99. The van der Waals surface area contributed by atoms with Crippen molar-refractivity contribution in [2.45, 2.75) is 25.4 Å². The molecule has 8 heteroatoms. The van der Waals surface area contributed by atoms with Gasteiger partial charge in [-0.15, -0.1) is 0 Å². The summed E-state index contributed by atoms with van der Waals surface area (Å²) >= 11 is 1.64. The zero-order valence-corrected chi connectivity index (χ0v) is 12.8. The van der Waals surface area contributed by atoms with Crippen LogP contribution in [0.4, 0.5) is 11.9 Å². The maximum absolute atomic E-state index is 5.44. The van der Waals surface area contributed by atoms with E-state index in [9.17, 15) is 0 Å². The molecule has 1 saturated heterocycles. The van der Waals surface area contributed by atoms with E-state index in [0.717, 1.165) is 30.4 Å². The average molecular weight is 298 g/mol. The summed E-state index contributed by atoms with van der Waals surface area (Å²) in [5.41, 5.74) is 2.51. The highest BCUT2D eigenvalue weighted by Gasteiger charge is 2.16. The first kappa shape index (κ1) is 15.3. The zero-order chi connectivity index (χ0) is 14.4. The van der Waals surface area contributed by atoms with Crippen molar-refractivity contribution in [1.29, 1.82) is 0 Å². The summed E-state index contributed by atoms with van der Waals surface area (Å²) in [6.45, 7) is 7.41. The van der Waals surface area contributed by atoms with Gasteiger partial charge in [-0.2, -0.15) is 15.0 Å². The quantitative estimate of drug-likeness (QED) is 0.459. The molecule has 0 amide bonds. The molecule has 0 aliphatic carbocycles. The summed E-state index contributed by atoms with van der Waals surface area (Å²) in [5, 5.41) is 0.718. The maximum atomic E-state index is 5.44. The summed E-state index contributed by atoms with van der Waals surface area (Å²) in [4.78, 5) is 15.2. The Morgan fingerprint density at radius 3 is 2.70 bits per heavy atom. The number of hydrogen-bond acceptors (Lipinski definition) is 8. The van der Waals surface area contributed by atoms with Crippen molar-refractivity contribution < 1.29 is 4.74 Å². The van der Waals surface area contributed by atoms with E-state index in [2.05, 4.69) is 39.1 Å². The van der Waals surface area contributed by atoms with E-state index in [0.29, 0.717) is 31.0 Å². The van der Waals surface area contributed by atoms with Crippen LogP contribution >= 0.6 is 11.8 Å². The molecule has 2 heterocycles. The van der Waals surface area contributed by atoms with Gasteiger partial charge in [-0.3, -0.25) is 5.43 Å². The first-order chi connectivity index (χ1) is 9.69. The standard InChI is InChI=1S/C12H22N6OS/c1-9(2)3-8-20-12-15-10(17-13)14-11(16-12)18-4-6-19-7-5-18/h9H,3-8,13H2,1-2H3,(H,14,15,16,17). The highest BCUT2D eigenvalue weighted by atomic mass is 32.2. The SMILES string of the molecule is CC(C)CCSc1nc(NN)nc(N2CCOCC2)n1. The van der Waals surface area contributed by atoms with E-state index in [4.69, 9.17) is 10.6 Å². The number of hydrazine groups is 1. The Bertz CT molecular complexity index is 424. The maximum Gasteiger partial charge on any atom is 0.242 e. The number of thioether (sulfide) groups is 1. The van der Waals surface area contributed by atoms with Gasteiger partial charge >= 0.3 is 0 Å². The molecule has 0 unspecified atom stereocenters. The van der Waals surface area contributed by atoms with Gasteiger partial charge in [0.1, 0.15) is 0 Å². The Labute approximate surface area is 123 Å². The molecule has 1 aliphatic heterocycles. The van der Waals surface area contributed by atoms with Crippen molar-refractivity contribution in [3.05, 3.63) is 0 Å². The van der Waals surface area contributed by atoms with Crippen LogP contribution < -0.4 is 16.2 Å². The van der Waals surface area contributed by atoms with Crippen LogP contribution in [0.2, 0.25) is 0 Å². The van der Waals surface area contributed by atoms with Crippen LogP contribution in [0, 0.1) is 5.92 Å². The van der Waals surface area contributed by atoms with Gasteiger partial charge in [-0.1, -0.05) is 25.6 Å². The van der Waals surface area contributed by atoms with Crippen molar-refractivity contribution in [2.24, 2.45) is 11.8 Å². The van der Waals surface area contributed by atoms with Crippen molar-refractivity contribution >= 4 is 23.7 Å². The van der Waals surface area contributed by atoms with E-state index in [-0.39, 0.29) is 0 Å². The Morgan fingerprint density at radius 2 is 2.05 bits per heavy atom. The van der Waals surface area contributed by atoms with Gasteiger partial charge in [-0.25, -0.2) is 5.84 Å². The summed E-state index contributed by atoms with van der Waals surface area (Å²) in [6.07, 6.45) is 1.13. The van der Waals surface area contributed by atoms with Crippen LogP contribution in [0.3, 0.4) is 0 Å². The highest BCUT2D eigenvalue weighted by Crippen LogP contribution is 2.20. The molecule has 0 saturated carbocycles. The zero-order valence-electron chi connectivity index (χ0n) is 12.0. The lowest BCUT2D eigenvalue weighted by Gasteiger charge is -2.26. The molecule has 1 aromatic heterocycles. The molecule has 20 heavy (non-hydrogen) atoms. The van der Waals surface area contributed by atoms with Crippen molar-refractivity contribution in [3.8, 4) is 0 Å². The molecule has 2 rings (SSSR count). The van der Waals surface area contributed by atoms with Crippen molar-refractivity contribution in [3.63, 3.8) is 0 Å². The molecule has 7 nitrogen and oxygen atoms in total. The lowest BCUT2D eigenvalue weighted by Crippen LogP contribution is -2.37. The Balaban J connectivity index is 2.06.